The van der Waals surface area contributed by atoms with Gasteiger partial charge >= 0.3 is 5.97 Å². The van der Waals surface area contributed by atoms with E-state index in [2.05, 4.69) is 5.32 Å². The number of nitrogens with one attached hydrogen (secondary N) is 1. The topological polar surface area (TPSA) is 98.5 Å². The van der Waals surface area contributed by atoms with Crippen molar-refractivity contribution < 1.29 is 23.6 Å². The Morgan fingerprint density at radius 1 is 1.21 bits per heavy atom. The van der Waals surface area contributed by atoms with Gasteiger partial charge in [0.15, 0.2) is 6.61 Å². The number of nitro benzene ring substituents is 1. The Morgan fingerprint density at radius 3 is 2.50 bits per heavy atom. The van der Waals surface area contributed by atoms with E-state index >= 15 is 0 Å². The number of anilines is 1. The van der Waals surface area contributed by atoms with E-state index in [1.165, 1.54) is 24.3 Å². The molecule has 0 unspecified atom stereocenters. The summed E-state index contributed by atoms with van der Waals surface area (Å²) >= 11 is 0. The zero-order valence-corrected chi connectivity index (χ0v) is 12.6. The minimum Gasteiger partial charge on any atom is -0.452 e. The number of nitro groups is 1. The largest absolute Gasteiger partial charge is 0.452 e. The number of ether oxygens (including phenoxy) is 1. The zero-order chi connectivity index (χ0) is 17.7. The summed E-state index contributed by atoms with van der Waals surface area (Å²) in [6.07, 6.45) is 0. The van der Waals surface area contributed by atoms with Gasteiger partial charge in [0.25, 0.3) is 11.6 Å². The maximum atomic E-state index is 13.1. The van der Waals surface area contributed by atoms with Gasteiger partial charge in [0.2, 0.25) is 0 Å². The standard InChI is InChI=1S/C16H13FN2O5/c1-10-2-5-12(17)8-14(10)18-15(20)9-24-16(21)11-3-6-13(7-4-11)19(22)23/h2-8H,9H2,1H3,(H,18,20). The van der Waals surface area contributed by atoms with Crippen molar-refractivity contribution in [1.29, 1.82) is 0 Å². The van der Waals surface area contributed by atoms with Crippen LogP contribution in [0.5, 0.6) is 0 Å². The second-order valence-corrected chi connectivity index (χ2v) is 4.89. The van der Waals surface area contributed by atoms with E-state index in [-0.39, 0.29) is 16.9 Å². The van der Waals surface area contributed by atoms with Gasteiger partial charge in [0, 0.05) is 17.8 Å². The van der Waals surface area contributed by atoms with Crippen molar-refractivity contribution in [2.45, 2.75) is 6.92 Å². The van der Waals surface area contributed by atoms with Crippen molar-refractivity contribution in [2.75, 3.05) is 11.9 Å². The Morgan fingerprint density at radius 2 is 1.88 bits per heavy atom. The molecule has 2 aromatic carbocycles. The van der Waals surface area contributed by atoms with Crippen LogP contribution in [0.1, 0.15) is 15.9 Å². The first-order valence-electron chi connectivity index (χ1n) is 6.84. The third-order valence-corrected chi connectivity index (χ3v) is 3.12. The lowest BCUT2D eigenvalue weighted by molar-refractivity contribution is -0.384. The van der Waals surface area contributed by atoms with Gasteiger partial charge in [-0.25, -0.2) is 9.18 Å². The van der Waals surface area contributed by atoms with Crippen LogP contribution in [0.15, 0.2) is 42.5 Å². The molecule has 1 amide bonds. The molecule has 24 heavy (non-hydrogen) atoms. The number of benzene rings is 2. The van der Waals surface area contributed by atoms with Gasteiger partial charge in [-0.15, -0.1) is 0 Å². The smallest absolute Gasteiger partial charge is 0.338 e. The Hall–Kier alpha value is -3.29. The van der Waals surface area contributed by atoms with E-state index in [9.17, 15) is 24.1 Å². The number of carbonyl (C=O) groups is 2. The highest BCUT2D eigenvalue weighted by Gasteiger charge is 2.13. The molecule has 0 saturated heterocycles. The third-order valence-electron chi connectivity index (χ3n) is 3.12. The predicted molar refractivity (Wildman–Crippen MR) is 83.1 cm³/mol. The molecule has 0 aliphatic heterocycles. The number of nitrogens with zero attached hydrogens (tertiary/aromatic N) is 1. The normalized spacial score (nSPS) is 10.1. The lowest BCUT2D eigenvalue weighted by atomic mass is 10.2. The quantitative estimate of drug-likeness (QED) is 0.516. The van der Waals surface area contributed by atoms with E-state index < -0.39 is 29.2 Å². The van der Waals surface area contributed by atoms with Gasteiger partial charge in [0.1, 0.15) is 5.82 Å². The van der Waals surface area contributed by atoms with Crippen LogP contribution in [0.2, 0.25) is 0 Å². The zero-order valence-electron chi connectivity index (χ0n) is 12.6. The van der Waals surface area contributed by atoms with Crippen LogP contribution in [0, 0.1) is 22.9 Å². The van der Waals surface area contributed by atoms with Crippen molar-refractivity contribution in [3.8, 4) is 0 Å². The average Bonchev–Trinajstić information content (AvgIpc) is 2.56. The van der Waals surface area contributed by atoms with Crippen molar-refractivity contribution in [3.05, 3.63) is 69.5 Å². The van der Waals surface area contributed by atoms with Gasteiger partial charge < -0.3 is 10.1 Å². The summed E-state index contributed by atoms with van der Waals surface area (Å²) < 4.78 is 18.0. The summed E-state index contributed by atoms with van der Waals surface area (Å²) in [4.78, 5) is 33.5. The number of carbonyl (C=O) groups excluding carboxylic acids is 2. The van der Waals surface area contributed by atoms with Gasteiger partial charge in [-0.3, -0.25) is 14.9 Å². The first-order valence-corrected chi connectivity index (χ1v) is 6.84. The third kappa shape index (κ3) is 4.35. The molecule has 7 nitrogen and oxygen atoms in total. The van der Waals surface area contributed by atoms with Crippen molar-refractivity contribution in [2.24, 2.45) is 0 Å². The number of non-ortho nitro benzene ring substituents is 1. The SMILES string of the molecule is Cc1ccc(F)cc1NC(=O)COC(=O)c1ccc([N+](=O)[O-])cc1. The maximum absolute atomic E-state index is 13.1. The number of hydrogen-bond acceptors (Lipinski definition) is 5. The summed E-state index contributed by atoms with van der Waals surface area (Å²) in [7, 11) is 0. The Labute approximate surface area is 136 Å². The summed E-state index contributed by atoms with van der Waals surface area (Å²) in [6.45, 7) is 1.13. The molecular weight excluding hydrogens is 319 g/mol. The number of rotatable bonds is 5. The monoisotopic (exact) mass is 332 g/mol. The van der Waals surface area contributed by atoms with Crippen LogP contribution < -0.4 is 5.32 Å². The molecule has 0 spiro atoms. The summed E-state index contributed by atoms with van der Waals surface area (Å²) in [5.41, 5.74) is 0.860. The molecule has 1 N–H and O–H groups in total. The number of aryl methyl sites for hydroxylation is 1. The predicted octanol–water partition coefficient (Wildman–Crippen LogP) is 2.84. The molecule has 2 aromatic rings. The van der Waals surface area contributed by atoms with E-state index in [1.807, 2.05) is 0 Å². The second-order valence-electron chi connectivity index (χ2n) is 4.89. The molecule has 0 heterocycles. The molecular formula is C16H13FN2O5. The average molecular weight is 332 g/mol. The van der Waals surface area contributed by atoms with Gasteiger partial charge in [0.05, 0.1) is 10.5 Å². The molecule has 0 aromatic heterocycles. The fraction of sp³-hybridized carbons (Fsp3) is 0.125. The maximum Gasteiger partial charge on any atom is 0.338 e. The fourth-order valence-electron chi connectivity index (χ4n) is 1.85. The van der Waals surface area contributed by atoms with Crippen molar-refractivity contribution in [1.82, 2.24) is 0 Å². The van der Waals surface area contributed by atoms with Crippen LogP contribution >= 0.6 is 0 Å². The number of hydrogen-bond donors (Lipinski definition) is 1. The minimum atomic E-state index is -0.795. The second kappa shape index (κ2) is 7.32. The molecule has 0 atom stereocenters. The van der Waals surface area contributed by atoms with Gasteiger partial charge in [-0.2, -0.15) is 0 Å². The van der Waals surface area contributed by atoms with E-state index in [1.54, 1.807) is 6.92 Å². The molecule has 0 saturated carbocycles. The Kier molecular flexibility index (Phi) is 5.20. The molecule has 8 heteroatoms. The van der Waals surface area contributed by atoms with Crippen LogP contribution in [0.3, 0.4) is 0 Å². The van der Waals surface area contributed by atoms with Crippen molar-refractivity contribution in [3.63, 3.8) is 0 Å². The van der Waals surface area contributed by atoms with Crippen LogP contribution in [0.25, 0.3) is 0 Å². The summed E-state index contributed by atoms with van der Waals surface area (Å²) in [5.74, 6) is -1.92. The highest BCUT2D eigenvalue weighted by molar-refractivity contribution is 5.95. The van der Waals surface area contributed by atoms with Crippen LogP contribution in [-0.2, 0) is 9.53 Å². The van der Waals surface area contributed by atoms with E-state index in [4.69, 9.17) is 4.74 Å². The lowest BCUT2D eigenvalue weighted by Gasteiger charge is -2.09. The number of amides is 1. The van der Waals surface area contributed by atoms with E-state index in [0.29, 0.717) is 5.56 Å². The Balaban J connectivity index is 1.92. The van der Waals surface area contributed by atoms with Crippen LogP contribution in [0.4, 0.5) is 15.8 Å². The Bertz CT molecular complexity index is 790. The van der Waals surface area contributed by atoms with Gasteiger partial charge in [-0.1, -0.05) is 6.07 Å². The molecule has 0 aliphatic rings. The first-order chi connectivity index (χ1) is 11.4. The van der Waals surface area contributed by atoms with Crippen molar-refractivity contribution >= 4 is 23.3 Å². The lowest BCUT2D eigenvalue weighted by Crippen LogP contribution is -2.21. The van der Waals surface area contributed by atoms with E-state index in [0.717, 1.165) is 18.2 Å². The summed E-state index contributed by atoms with van der Waals surface area (Å²) in [5, 5.41) is 13.0. The highest BCUT2D eigenvalue weighted by atomic mass is 19.1. The molecule has 0 aliphatic carbocycles. The molecule has 0 fully saturated rings. The molecule has 0 radical (unpaired) electrons. The summed E-state index contributed by atoms with van der Waals surface area (Å²) in [6, 6.07) is 8.71. The van der Waals surface area contributed by atoms with Crippen LogP contribution in [-0.4, -0.2) is 23.4 Å². The molecule has 0 bridgehead atoms. The molecule has 124 valence electrons. The highest BCUT2D eigenvalue weighted by Crippen LogP contribution is 2.16. The van der Waals surface area contributed by atoms with Gasteiger partial charge in [-0.05, 0) is 36.8 Å². The molecule has 2 rings (SSSR count). The minimum absolute atomic E-state index is 0.0790. The number of esters is 1. The number of halogens is 1. The fourth-order valence-corrected chi connectivity index (χ4v) is 1.85. The first kappa shape index (κ1) is 17.1.